The lowest BCUT2D eigenvalue weighted by atomic mass is 10.1. The number of para-hydroxylation sites is 1. The molecule has 24 heavy (non-hydrogen) atoms. The molecule has 0 saturated carbocycles. The lowest BCUT2D eigenvalue weighted by Gasteiger charge is -2.05. The number of fused-ring (bicyclic) bond motifs is 3. The molecule has 0 atom stereocenters. The van der Waals surface area contributed by atoms with Gasteiger partial charge in [-0.1, -0.05) is 43.2 Å². The summed E-state index contributed by atoms with van der Waals surface area (Å²) in [5.41, 5.74) is 4.04. The average molecular weight is 318 g/mol. The molecule has 0 N–H and O–H groups in total. The molecule has 0 fully saturated rings. The third-order valence-corrected chi connectivity index (χ3v) is 4.27. The van der Waals surface area contributed by atoms with Gasteiger partial charge >= 0.3 is 5.63 Å². The highest BCUT2D eigenvalue weighted by molar-refractivity contribution is 6.03. The Morgan fingerprint density at radius 1 is 1.08 bits per heavy atom. The molecule has 120 valence electrons. The van der Waals surface area contributed by atoms with Crippen LogP contribution < -0.4 is 5.63 Å². The minimum Gasteiger partial charge on any atom is -0.422 e. The van der Waals surface area contributed by atoms with Gasteiger partial charge in [-0.2, -0.15) is 5.10 Å². The second-order valence-electron chi connectivity index (χ2n) is 6.05. The van der Waals surface area contributed by atoms with E-state index in [0.717, 1.165) is 35.1 Å². The topological polar surface area (TPSA) is 48.0 Å². The van der Waals surface area contributed by atoms with Crippen LogP contribution in [0.25, 0.3) is 27.6 Å². The van der Waals surface area contributed by atoms with Crippen molar-refractivity contribution in [2.45, 2.75) is 26.7 Å². The van der Waals surface area contributed by atoms with Crippen molar-refractivity contribution in [1.82, 2.24) is 9.78 Å². The van der Waals surface area contributed by atoms with Gasteiger partial charge < -0.3 is 4.42 Å². The molecule has 4 aromatic rings. The quantitative estimate of drug-likeness (QED) is 0.526. The zero-order chi connectivity index (χ0) is 16.7. The largest absolute Gasteiger partial charge is 0.422 e. The zero-order valence-electron chi connectivity index (χ0n) is 13.7. The molecule has 0 unspecified atom stereocenters. The van der Waals surface area contributed by atoms with Crippen LogP contribution in [0.15, 0.2) is 57.7 Å². The van der Waals surface area contributed by atoms with E-state index < -0.39 is 0 Å². The van der Waals surface area contributed by atoms with Gasteiger partial charge in [-0.3, -0.25) is 0 Å². The Labute approximate surface area is 139 Å². The summed E-state index contributed by atoms with van der Waals surface area (Å²) in [6.45, 7) is 4.14. The zero-order valence-corrected chi connectivity index (χ0v) is 13.7. The van der Waals surface area contributed by atoms with Crippen LogP contribution >= 0.6 is 0 Å². The number of hydrogen-bond donors (Lipinski definition) is 0. The number of hydrogen-bond acceptors (Lipinski definition) is 3. The molecule has 0 spiro atoms. The molecule has 0 saturated heterocycles. The van der Waals surface area contributed by atoms with E-state index in [0.29, 0.717) is 11.0 Å². The molecule has 4 heteroatoms. The average Bonchev–Trinajstić information content (AvgIpc) is 2.96. The van der Waals surface area contributed by atoms with E-state index in [9.17, 15) is 4.79 Å². The summed E-state index contributed by atoms with van der Waals surface area (Å²) in [5, 5.41) is 6.25. The predicted octanol–water partition coefficient (Wildman–Crippen LogP) is 4.39. The van der Waals surface area contributed by atoms with Crippen molar-refractivity contribution in [3.05, 3.63) is 70.2 Å². The predicted molar refractivity (Wildman–Crippen MR) is 95.8 cm³/mol. The van der Waals surface area contributed by atoms with Crippen LogP contribution in [0.3, 0.4) is 0 Å². The number of benzene rings is 2. The van der Waals surface area contributed by atoms with Crippen LogP contribution in [0.2, 0.25) is 0 Å². The van der Waals surface area contributed by atoms with Gasteiger partial charge in [-0.25, -0.2) is 9.48 Å². The fourth-order valence-corrected chi connectivity index (χ4v) is 3.11. The molecule has 0 aliphatic rings. The van der Waals surface area contributed by atoms with Crippen molar-refractivity contribution in [3.8, 4) is 5.69 Å². The van der Waals surface area contributed by atoms with E-state index in [1.807, 2.05) is 41.1 Å². The molecule has 0 aliphatic heterocycles. The Morgan fingerprint density at radius 3 is 2.58 bits per heavy atom. The molecule has 0 amide bonds. The van der Waals surface area contributed by atoms with Crippen LogP contribution in [0.5, 0.6) is 0 Å². The van der Waals surface area contributed by atoms with Crippen molar-refractivity contribution >= 4 is 21.9 Å². The van der Waals surface area contributed by atoms with Gasteiger partial charge in [0, 0.05) is 5.39 Å². The summed E-state index contributed by atoms with van der Waals surface area (Å²) in [6.07, 6.45) is 1.67. The first-order chi connectivity index (χ1) is 11.7. The van der Waals surface area contributed by atoms with Crippen molar-refractivity contribution in [3.63, 3.8) is 0 Å². The fourth-order valence-electron chi connectivity index (χ4n) is 3.11. The molecule has 4 rings (SSSR count). The van der Waals surface area contributed by atoms with E-state index >= 15 is 0 Å². The summed E-state index contributed by atoms with van der Waals surface area (Å²) in [7, 11) is 0. The number of aromatic nitrogens is 2. The Balaban J connectivity index is 2.16. The van der Waals surface area contributed by atoms with E-state index in [2.05, 4.69) is 26.0 Å². The van der Waals surface area contributed by atoms with Crippen LogP contribution in [0.4, 0.5) is 0 Å². The lowest BCUT2D eigenvalue weighted by Crippen LogP contribution is -2.02. The van der Waals surface area contributed by atoms with Crippen LogP contribution in [-0.4, -0.2) is 9.78 Å². The molecule has 2 aromatic carbocycles. The van der Waals surface area contributed by atoms with Crippen LogP contribution in [-0.2, 0) is 6.42 Å². The van der Waals surface area contributed by atoms with E-state index in [4.69, 9.17) is 9.52 Å². The monoisotopic (exact) mass is 318 g/mol. The highest BCUT2D eigenvalue weighted by Crippen LogP contribution is 2.28. The van der Waals surface area contributed by atoms with Gasteiger partial charge in [-0.05, 0) is 37.6 Å². The molecule has 2 heterocycles. The molecule has 2 aromatic heterocycles. The van der Waals surface area contributed by atoms with Gasteiger partial charge in [0.25, 0.3) is 0 Å². The van der Waals surface area contributed by atoms with Crippen molar-refractivity contribution < 1.29 is 4.42 Å². The Kier molecular flexibility index (Phi) is 3.45. The fraction of sp³-hybridized carbons (Fsp3) is 0.200. The van der Waals surface area contributed by atoms with Gasteiger partial charge in [0.2, 0.25) is 0 Å². The van der Waals surface area contributed by atoms with E-state index in [1.54, 1.807) is 0 Å². The molecular formula is C20H18N2O2. The second-order valence-corrected chi connectivity index (χ2v) is 6.05. The third kappa shape index (κ3) is 2.22. The Morgan fingerprint density at radius 2 is 1.83 bits per heavy atom. The highest BCUT2D eigenvalue weighted by Gasteiger charge is 2.19. The van der Waals surface area contributed by atoms with Gasteiger partial charge in [-0.15, -0.1) is 0 Å². The smallest absolute Gasteiger partial charge is 0.347 e. The maximum atomic E-state index is 12.6. The van der Waals surface area contributed by atoms with Crippen LogP contribution in [0.1, 0.15) is 24.6 Å². The first-order valence-corrected chi connectivity index (χ1v) is 8.19. The summed E-state index contributed by atoms with van der Waals surface area (Å²) in [5.74, 6) is 0. The maximum absolute atomic E-state index is 12.6. The summed E-state index contributed by atoms with van der Waals surface area (Å²) >= 11 is 0. The number of aryl methyl sites for hydroxylation is 2. The Hall–Kier alpha value is -2.88. The third-order valence-electron chi connectivity index (χ3n) is 4.27. The normalized spacial score (nSPS) is 11.4. The molecule has 0 bridgehead atoms. The van der Waals surface area contributed by atoms with Crippen LogP contribution in [0, 0.1) is 6.92 Å². The molecule has 0 radical (unpaired) electrons. The minimum atomic E-state index is -0.314. The standard InChI is InChI=1S/C20H18N2O2/c1-3-6-16-18-19(15-7-4-5-8-17(15)24-20(18)23)22(21-16)14-11-9-13(2)10-12-14/h4-5,7-12H,3,6H2,1-2H3. The molecule has 4 nitrogen and oxygen atoms in total. The summed E-state index contributed by atoms with van der Waals surface area (Å²) in [6, 6.07) is 15.8. The van der Waals surface area contributed by atoms with Gasteiger partial charge in [0.05, 0.1) is 16.9 Å². The van der Waals surface area contributed by atoms with Gasteiger partial charge in [0.15, 0.2) is 0 Å². The van der Waals surface area contributed by atoms with E-state index in [-0.39, 0.29) is 5.63 Å². The first-order valence-electron chi connectivity index (χ1n) is 8.19. The number of nitrogens with zero attached hydrogens (tertiary/aromatic N) is 2. The minimum absolute atomic E-state index is 0.314. The SMILES string of the molecule is CCCc1nn(-c2ccc(C)cc2)c2c1c(=O)oc1ccccc12. The second kappa shape index (κ2) is 5.64. The Bertz CT molecular complexity index is 1090. The highest BCUT2D eigenvalue weighted by atomic mass is 16.4. The molecular weight excluding hydrogens is 300 g/mol. The molecule has 0 aliphatic carbocycles. The first kappa shape index (κ1) is 14.7. The maximum Gasteiger partial charge on any atom is 0.347 e. The van der Waals surface area contributed by atoms with Crippen molar-refractivity contribution in [2.75, 3.05) is 0 Å². The van der Waals surface area contributed by atoms with Gasteiger partial charge in [0.1, 0.15) is 11.0 Å². The summed E-state index contributed by atoms with van der Waals surface area (Å²) in [4.78, 5) is 12.6. The number of rotatable bonds is 3. The summed E-state index contributed by atoms with van der Waals surface area (Å²) < 4.78 is 7.40. The van der Waals surface area contributed by atoms with Crippen molar-refractivity contribution in [2.24, 2.45) is 0 Å². The lowest BCUT2D eigenvalue weighted by molar-refractivity contribution is 0.569. The van der Waals surface area contributed by atoms with E-state index in [1.165, 1.54) is 5.56 Å². The van der Waals surface area contributed by atoms with Crippen molar-refractivity contribution in [1.29, 1.82) is 0 Å².